The number of hydrogen-bond acceptors (Lipinski definition) is 1. The monoisotopic (exact) mass is 269 g/mol. The van der Waals surface area contributed by atoms with Crippen molar-refractivity contribution in [3.63, 3.8) is 0 Å². The molecule has 0 fully saturated rings. The van der Waals surface area contributed by atoms with Gasteiger partial charge in [-0.2, -0.15) is 0 Å². The highest BCUT2D eigenvalue weighted by Gasteiger charge is 1.94. The summed E-state index contributed by atoms with van der Waals surface area (Å²) in [5.41, 5.74) is 0. The number of ether oxygens (including phenoxy) is 1. The molecule has 115 valence electrons. The lowest BCUT2D eigenvalue weighted by molar-refractivity contribution is 0.192. The summed E-state index contributed by atoms with van der Waals surface area (Å²) in [4.78, 5) is 0. The topological polar surface area (TPSA) is 9.23 Å². The molecule has 0 spiro atoms. The zero-order valence-corrected chi connectivity index (χ0v) is 13.4. The van der Waals surface area contributed by atoms with Crippen molar-refractivity contribution in [2.24, 2.45) is 0 Å². The molecule has 0 aliphatic rings. The smallest absolute Gasteiger partial charge is 0.0462 e. The Bertz CT molecular complexity index is 129. The summed E-state index contributed by atoms with van der Waals surface area (Å²) < 4.78 is 5.05. The van der Waals surface area contributed by atoms with Crippen LogP contribution in [0, 0.1) is 6.92 Å². The van der Waals surface area contributed by atoms with Crippen molar-refractivity contribution in [3.8, 4) is 0 Å². The minimum Gasteiger partial charge on any atom is -0.385 e. The lowest BCUT2D eigenvalue weighted by Gasteiger charge is -2.03. The molecule has 0 N–H and O–H groups in total. The molecule has 19 heavy (non-hydrogen) atoms. The van der Waals surface area contributed by atoms with Crippen LogP contribution in [0.4, 0.5) is 0 Å². The number of unbranched alkanes of at least 4 members (excludes halogenated alkanes) is 14. The second-order valence-electron chi connectivity index (χ2n) is 5.80. The lowest BCUT2D eigenvalue weighted by Crippen LogP contribution is -1.88. The van der Waals surface area contributed by atoms with E-state index in [4.69, 9.17) is 4.74 Å². The van der Waals surface area contributed by atoms with Crippen LogP contribution in [0.2, 0.25) is 0 Å². The molecule has 0 saturated carbocycles. The van der Waals surface area contributed by atoms with Crippen LogP contribution in [0.1, 0.15) is 96.3 Å². The first-order valence-corrected chi connectivity index (χ1v) is 8.70. The van der Waals surface area contributed by atoms with E-state index in [2.05, 4.69) is 6.92 Å². The van der Waals surface area contributed by atoms with Gasteiger partial charge < -0.3 is 4.74 Å². The third-order valence-corrected chi connectivity index (χ3v) is 3.85. The zero-order chi connectivity index (χ0) is 14.0. The second-order valence-corrected chi connectivity index (χ2v) is 5.80. The predicted molar refractivity (Wildman–Crippen MR) is 86.5 cm³/mol. The Morgan fingerprint density at radius 3 is 1.16 bits per heavy atom. The summed E-state index contributed by atoms with van der Waals surface area (Å²) in [6.07, 6.45) is 20.8. The molecule has 0 unspecified atom stereocenters. The Labute approximate surface area is 122 Å². The molecule has 0 bridgehead atoms. The van der Waals surface area contributed by atoms with Crippen molar-refractivity contribution in [1.29, 1.82) is 0 Å². The molecule has 0 atom stereocenters. The zero-order valence-electron chi connectivity index (χ0n) is 13.4. The summed E-state index contributed by atoms with van der Waals surface area (Å²) in [5, 5.41) is 0. The summed E-state index contributed by atoms with van der Waals surface area (Å²) >= 11 is 0. The van der Waals surface area contributed by atoms with Crippen LogP contribution in [-0.2, 0) is 4.74 Å². The van der Waals surface area contributed by atoms with E-state index in [-0.39, 0.29) is 0 Å². The first-order valence-electron chi connectivity index (χ1n) is 8.70. The largest absolute Gasteiger partial charge is 0.385 e. The van der Waals surface area contributed by atoms with E-state index in [1.54, 1.807) is 7.11 Å². The summed E-state index contributed by atoms with van der Waals surface area (Å²) in [7, 11) is 1.79. The van der Waals surface area contributed by atoms with Gasteiger partial charge in [0.1, 0.15) is 0 Å². The van der Waals surface area contributed by atoms with Crippen molar-refractivity contribution in [1.82, 2.24) is 0 Å². The molecule has 0 aliphatic carbocycles. The number of rotatable bonds is 16. The van der Waals surface area contributed by atoms with Gasteiger partial charge in [-0.3, -0.25) is 0 Å². The maximum Gasteiger partial charge on any atom is 0.0462 e. The van der Waals surface area contributed by atoms with Crippen molar-refractivity contribution in [3.05, 3.63) is 6.92 Å². The van der Waals surface area contributed by atoms with E-state index in [1.807, 2.05) is 0 Å². The maximum atomic E-state index is 5.05. The molecule has 0 aromatic rings. The minimum atomic E-state index is 0.939. The van der Waals surface area contributed by atoms with Gasteiger partial charge in [0.25, 0.3) is 0 Å². The first-order chi connectivity index (χ1) is 9.41. The molecule has 0 aromatic heterocycles. The third-order valence-electron chi connectivity index (χ3n) is 3.85. The molecule has 1 radical (unpaired) electrons. The van der Waals surface area contributed by atoms with Gasteiger partial charge in [0.15, 0.2) is 0 Å². The summed E-state index contributed by atoms with van der Waals surface area (Å²) in [6.45, 7) is 4.82. The van der Waals surface area contributed by atoms with E-state index >= 15 is 0 Å². The van der Waals surface area contributed by atoms with Gasteiger partial charge in [0.05, 0.1) is 0 Å². The standard InChI is InChI=1S/C18H37O/c1-3-4-5-6-7-8-9-10-11-12-13-14-15-16-17-18-19-2/h1,3-18H2,2H3. The van der Waals surface area contributed by atoms with E-state index < -0.39 is 0 Å². The normalized spacial score (nSPS) is 11.1. The van der Waals surface area contributed by atoms with E-state index in [0.717, 1.165) is 13.0 Å². The number of methoxy groups -OCH3 is 1. The van der Waals surface area contributed by atoms with Crippen LogP contribution < -0.4 is 0 Å². The van der Waals surface area contributed by atoms with Crippen LogP contribution in [0.15, 0.2) is 0 Å². The van der Waals surface area contributed by atoms with Crippen LogP contribution in [0.25, 0.3) is 0 Å². The van der Waals surface area contributed by atoms with E-state index in [1.165, 1.54) is 89.9 Å². The average molecular weight is 269 g/mol. The molecule has 0 aliphatic heterocycles. The van der Waals surface area contributed by atoms with E-state index in [0.29, 0.717) is 0 Å². The molecule has 1 heteroatoms. The highest BCUT2D eigenvalue weighted by atomic mass is 16.5. The van der Waals surface area contributed by atoms with Gasteiger partial charge in [-0.15, -0.1) is 0 Å². The fraction of sp³-hybridized carbons (Fsp3) is 0.944. The molecule has 0 amide bonds. The third kappa shape index (κ3) is 18.0. The van der Waals surface area contributed by atoms with Crippen LogP contribution in [0.5, 0.6) is 0 Å². The molecule has 0 heterocycles. The highest BCUT2D eigenvalue weighted by molar-refractivity contribution is 4.50. The molecular formula is C18H37O. The van der Waals surface area contributed by atoms with Crippen molar-refractivity contribution >= 4 is 0 Å². The Kier molecular flexibility index (Phi) is 17.9. The molecular weight excluding hydrogens is 232 g/mol. The second kappa shape index (κ2) is 18.0. The summed E-state index contributed by atoms with van der Waals surface area (Å²) in [6, 6.07) is 0. The van der Waals surface area contributed by atoms with Crippen molar-refractivity contribution in [2.75, 3.05) is 13.7 Å². The maximum absolute atomic E-state index is 5.05. The van der Waals surface area contributed by atoms with Gasteiger partial charge in [0, 0.05) is 13.7 Å². The Morgan fingerprint density at radius 1 is 0.526 bits per heavy atom. The van der Waals surface area contributed by atoms with Crippen LogP contribution in [0.3, 0.4) is 0 Å². The van der Waals surface area contributed by atoms with Gasteiger partial charge in [-0.25, -0.2) is 0 Å². The van der Waals surface area contributed by atoms with Crippen LogP contribution >= 0.6 is 0 Å². The van der Waals surface area contributed by atoms with Crippen molar-refractivity contribution < 1.29 is 4.74 Å². The van der Waals surface area contributed by atoms with Crippen LogP contribution in [-0.4, -0.2) is 13.7 Å². The average Bonchev–Trinajstić information content (AvgIpc) is 2.43. The highest BCUT2D eigenvalue weighted by Crippen LogP contribution is 2.13. The Hall–Kier alpha value is -0.0400. The van der Waals surface area contributed by atoms with Crippen molar-refractivity contribution in [2.45, 2.75) is 96.3 Å². The molecule has 0 aromatic carbocycles. The Morgan fingerprint density at radius 2 is 0.842 bits per heavy atom. The lowest BCUT2D eigenvalue weighted by atomic mass is 10.0. The molecule has 1 nitrogen and oxygen atoms in total. The van der Waals surface area contributed by atoms with Gasteiger partial charge in [-0.1, -0.05) is 96.8 Å². The SMILES string of the molecule is [CH2]CCCCCCCCCCCCCCCCOC. The predicted octanol–water partition coefficient (Wildman–Crippen LogP) is 6.32. The van der Waals surface area contributed by atoms with E-state index in [9.17, 15) is 0 Å². The first kappa shape index (κ1) is 19.0. The van der Waals surface area contributed by atoms with Gasteiger partial charge in [0.2, 0.25) is 0 Å². The fourth-order valence-corrected chi connectivity index (χ4v) is 2.54. The minimum absolute atomic E-state index is 0.939. The molecule has 0 saturated heterocycles. The fourth-order valence-electron chi connectivity index (χ4n) is 2.54. The van der Waals surface area contributed by atoms with Gasteiger partial charge in [-0.05, 0) is 6.42 Å². The number of hydrogen-bond donors (Lipinski definition) is 0. The quantitative estimate of drug-likeness (QED) is 0.298. The Balaban J connectivity index is 2.88. The summed E-state index contributed by atoms with van der Waals surface area (Å²) in [5.74, 6) is 0. The van der Waals surface area contributed by atoms with Gasteiger partial charge >= 0.3 is 0 Å². The molecule has 0 rings (SSSR count).